The van der Waals surface area contributed by atoms with Gasteiger partial charge in [0.2, 0.25) is 0 Å². The quantitative estimate of drug-likeness (QED) is 0.420. The number of benzene rings is 1. The number of nitrogens with zero attached hydrogens (tertiary/aromatic N) is 3. The molecule has 8 atom stereocenters. The van der Waals surface area contributed by atoms with Gasteiger partial charge in [-0.1, -0.05) is 49.3 Å². The SMILES string of the molecule is CCC1O[C@H](O)C(N=[N+]=[N-])C(C)[C@@H]1O[C@H]1CC(OCc2ccccc2)C[C@H](C)O1. The predicted octanol–water partition coefficient (Wildman–Crippen LogP) is 3.92. The molecule has 8 nitrogen and oxygen atoms in total. The highest BCUT2D eigenvalue weighted by Gasteiger charge is 2.44. The molecule has 2 aliphatic heterocycles. The summed E-state index contributed by atoms with van der Waals surface area (Å²) < 4.78 is 24.1. The fraction of sp³-hybridized carbons (Fsp3) is 0.714. The third-order valence-electron chi connectivity index (χ3n) is 5.69. The van der Waals surface area contributed by atoms with E-state index in [2.05, 4.69) is 10.0 Å². The van der Waals surface area contributed by atoms with E-state index in [9.17, 15) is 5.11 Å². The molecule has 0 saturated carbocycles. The Morgan fingerprint density at radius 1 is 1.21 bits per heavy atom. The third-order valence-corrected chi connectivity index (χ3v) is 5.69. The van der Waals surface area contributed by atoms with Crippen LogP contribution in [-0.2, 0) is 25.6 Å². The van der Waals surface area contributed by atoms with E-state index in [4.69, 9.17) is 24.5 Å². The van der Waals surface area contributed by atoms with Crippen LogP contribution in [0.1, 0.15) is 45.6 Å². The molecule has 0 aromatic heterocycles. The van der Waals surface area contributed by atoms with Gasteiger partial charge in [-0.3, -0.25) is 0 Å². The number of hydrogen-bond donors (Lipinski definition) is 1. The van der Waals surface area contributed by atoms with Crippen LogP contribution in [0, 0.1) is 5.92 Å². The van der Waals surface area contributed by atoms with E-state index in [-0.39, 0.29) is 30.3 Å². The first-order chi connectivity index (χ1) is 14.0. The van der Waals surface area contributed by atoms with Crippen LogP contribution in [0.5, 0.6) is 0 Å². The lowest BCUT2D eigenvalue weighted by molar-refractivity contribution is -0.294. The van der Waals surface area contributed by atoms with Crippen molar-refractivity contribution in [2.75, 3.05) is 0 Å². The summed E-state index contributed by atoms with van der Waals surface area (Å²) in [5.74, 6) is -0.205. The van der Waals surface area contributed by atoms with Crippen LogP contribution in [0.2, 0.25) is 0 Å². The Bertz CT molecular complexity index is 684. The maximum atomic E-state index is 10.2. The molecule has 4 unspecified atom stereocenters. The molecule has 2 aliphatic rings. The van der Waals surface area contributed by atoms with Crippen molar-refractivity contribution in [3.05, 3.63) is 46.3 Å². The van der Waals surface area contributed by atoms with E-state index in [0.29, 0.717) is 19.4 Å². The van der Waals surface area contributed by atoms with Crippen LogP contribution in [0.15, 0.2) is 35.4 Å². The zero-order valence-electron chi connectivity index (χ0n) is 17.3. The summed E-state index contributed by atoms with van der Waals surface area (Å²) >= 11 is 0. The second-order valence-corrected chi connectivity index (χ2v) is 7.89. The first kappa shape index (κ1) is 22.0. The van der Waals surface area contributed by atoms with Crippen LogP contribution in [0.25, 0.3) is 10.4 Å². The summed E-state index contributed by atoms with van der Waals surface area (Å²) in [6.45, 7) is 6.45. The monoisotopic (exact) mass is 405 g/mol. The Hall–Kier alpha value is -1.67. The molecule has 2 heterocycles. The Morgan fingerprint density at radius 3 is 2.66 bits per heavy atom. The smallest absolute Gasteiger partial charge is 0.163 e. The number of azide groups is 1. The highest BCUT2D eigenvalue weighted by Crippen LogP contribution is 2.34. The number of rotatable bonds is 7. The molecule has 2 fully saturated rings. The Morgan fingerprint density at radius 2 is 1.97 bits per heavy atom. The van der Waals surface area contributed by atoms with Crippen molar-refractivity contribution >= 4 is 0 Å². The lowest BCUT2D eigenvalue weighted by Gasteiger charge is -2.44. The average Bonchev–Trinajstić information content (AvgIpc) is 2.72. The molecule has 2 saturated heterocycles. The maximum Gasteiger partial charge on any atom is 0.163 e. The van der Waals surface area contributed by atoms with Gasteiger partial charge in [0.1, 0.15) is 0 Å². The number of aliphatic hydroxyl groups excluding tert-OH is 1. The summed E-state index contributed by atoms with van der Waals surface area (Å²) in [6.07, 6.45) is -0.0725. The van der Waals surface area contributed by atoms with Gasteiger partial charge in [-0.25, -0.2) is 0 Å². The van der Waals surface area contributed by atoms with Crippen molar-refractivity contribution in [3.8, 4) is 0 Å². The molecular weight excluding hydrogens is 374 g/mol. The minimum Gasteiger partial charge on any atom is -0.373 e. The minimum atomic E-state index is -1.13. The van der Waals surface area contributed by atoms with E-state index in [1.807, 2.05) is 51.1 Å². The first-order valence-corrected chi connectivity index (χ1v) is 10.4. The zero-order chi connectivity index (χ0) is 20.8. The van der Waals surface area contributed by atoms with Crippen LogP contribution in [0.4, 0.5) is 0 Å². The van der Waals surface area contributed by atoms with Crippen LogP contribution >= 0.6 is 0 Å². The number of hydrogen-bond acceptors (Lipinski definition) is 6. The fourth-order valence-corrected chi connectivity index (χ4v) is 4.13. The van der Waals surface area contributed by atoms with E-state index < -0.39 is 18.6 Å². The number of aliphatic hydroxyl groups is 1. The van der Waals surface area contributed by atoms with Crippen molar-refractivity contribution in [1.29, 1.82) is 0 Å². The van der Waals surface area contributed by atoms with Gasteiger partial charge in [-0.05, 0) is 36.8 Å². The Kier molecular flexibility index (Phi) is 7.89. The van der Waals surface area contributed by atoms with Gasteiger partial charge in [0.05, 0.1) is 37.1 Å². The van der Waals surface area contributed by atoms with E-state index in [1.165, 1.54) is 0 Å². The molecule has 0 bridgehead atoms. The van der Waals surface area contributed by atoms with E-state index in [0.717, 1.165) is 12.0 Å². The molecule has 3 rings (SSSR count). The molecule has 0 amide bonds. The van der Waals surface area contributed by atoms with E-state index >= 15 is 0 Å². The van der Waals surface area contributed by atoms with Gasteiger partial charge in [-0.2, -0.15) is 0 Å². The van der Waals surface area contributed by atoms with Crippen LogP contribution in [-0.4, -0.2) is 48.1 Å². The molecule has 0 aliphatic carbocycles. The van der Waals surface area contributed by atoms with Crippen molar-refractivity contribution in [1.82, 2.24) is 0 Å². The molecule has 1 N–H and O–H groups in total. The summed E-state index contributed by atoms with van der Waals surface area (Å²) in [5.41, 5.74) is 9.95. The van der Waals surface area contributed by atoms with Crippen LogP contribution < -0.4 is 0 Å². The highest BCUT2D eigenvalue weighted by molar-refractivity contribution is 5.13. The van der Waals surface area contributed by atoms with Crippen LogP contribution in [0.3, 0.4) is 0 Å². The molecule has 29 heavy (non-hydrogen) atoms. The second-order valence-electron chi connectivity index (χ2n) is 7.89. The minimum absolute atomic E-state index is 0.00734. The van der Waals surface area contributed by atoms with Gasteiger partial charge in [-0.15, -0.1) is 0 Å². The maximum absolute atomic E-state index is 10.2. The largest absolute Gasteiger partial charge is 0.373 e. The molecule has 1 aromatic carbocycles. The third kappa shape index (κ3) is 5.69. The number of ether oxygens (including phenoxy) is 4. The topological polar surface area (TPSA) is 106 Å². The molecule has 1 aromatic rings. The van der Waals surface area contributed by atoms with Crippen molar-refractivity contribution < 1.29 is 24.1 Å². The fourth-order valence-electron chi connectivity index (χ4n) is 4.13. The molecule has 8 heteroatoms. The van der Waals surface area contributed by atoms with Gasteiger partial charge in [0.15, 0.2) is 12.6 Å². The highest BCUT2D eigenvalue weighted by atomic mass is 16.7. The zero-order valence-corrected chi connectivity index (χ0v) is 17.3. The summed E-state index contributed by atoms with van der Waals surface area (Å²) in [6, 6.07) is 9.39. The van der Waals surface area contributed by atoms with Crippen molar-refractivity contribution in [2.45, 2.75) is 89.7 Å². The van der Waals surface area contributed by atoms with Gasteiger partial charge < -0.3 is 24.1 Å². The normalized spacial score (nSPS) is 37.7. The summed E-state index contributed by atoms with van der Waals surface area (Å²) in [5, 5.41) is 13.9. The summed E-state index contributed by atoms with van der Waals surface area (Å²) in [4.78, 5) is 2.85. The Balaban J connectivity index is 1.62. The molecule has 0 spiro atoms. The van der Waals surface area contributed by atoms with Gasteiger partial charge in [0, 0.05) is 11.3 Å². The van der Waals surface area contributed by atoms with Crippen molar-refractivity contribution in [3.63, 3.8) is 0 Å². The van der Waals surface area contributed by atoms with E-state index in [1.54, 1.807) is 0 Å². The van der Waals surface area contributed by atoms with Crippen molar-refractivity contribution in [2.24, 2.45) is 11.0 Å². The lowest BCUT2D eigenvalue weighted by atomic mass is 9.88. The van der Waals surface area contributed by atoms with Gasteiger partial charge >= 0.3 is 0 Å². The Labute approximate surface area is 171 Å². The summed E-state index contributed by atoms with van der Waals surface area (Å²) in [7, 11) is 0. The average molecular weight is 405 g/mol. The molecule has 160 valence electrons. The van der Waals surface area contributed by atoms with Gasteiger partial charge in [0.25, 0.3) is 0 Å². The predicted molar refractivity (Wildman–Crippen MR) is 107 cm³/mol. The second kappa shape index (κ2) is 10.4. The lowest BCUT2D eigenvalue weighted by Crippen LogP contribution is -2.55. The molecule has 0 radical (unpaired) electrons. The first-order valence-electron chi connectivity index (χ1n) is 10.4. The standard InChI is InChI=1S/C21H31N3O5/c1-4-17-20(14(3)19(23-24-22)21(25)28-17)29-18-11-16(10-13(2)27-18)26-12-15-8-6-5-7-9-15/h5-9,13-14,16-21,25H,4,10-12H2,1-3H3/t13-,14?,16?,17?,18-,19?,20-,21-/m0/s1. The molecular formula is C21H31N3O5.